The van der Waals surface area contributed by atoms with E-state index >= 15 is 0 Å². The highest BCUT2D eigenvalue weighted by Crippen LogP contribution is 2.12. The Morgan fingerprint density at radius 3 is 2.67 bits per heavy atom. The largest absolute Gasteiger partial charge is 0.460 e. The summed E-state index contributed by atoms with van der Waals surface area (Å²) < 4.78 is 27.7. The van der Waals surface area contributed by atoms with E-state index in [1.54, 1.807) is 7.11 Å². The molecule has 6 heteroatoms. The number of benzene rings is 1. The zero-order valence-electron chi connectivity index (χ0n) is 10.1. The number of carbonyl (C=O) groups is 1. The van der Waals surface area contributed by atoms with Gasteiger partial charge in [-0.3, -0.25) is 0 Å². The minimum Gasteiger partial charge on any atom is -0.460 e. The standard InChI is InChI=1S/C12H16FNO4/c1-16-4-5-17-6-7-18-12(15)9-2-3-10(13)11(14)8-9/h2-3,8H,4-7,14H2,1H3. The number of rotatable bonds is 7. The molecule has 0 aliphatic rings. The molecule has 0 aliphatic heterocycles. The summed E-state index contributed by atoms with van der Waals surface area (Å²) in [7, 11) is 1.57. The first-order valence-corrected chi connectivity index (χ1v) is 5.44. The molecule has 0 aromatic heterocycles. The van der Waals surface area contributed by atoms with Crippen molar-refractivity contribution in [1.29, 1.82) is 0 Å². The van der Waals surface area contributed by atoms with Crippen LogP contribution in [-0.2, 0) is 14.2 Å². The van der Waals surface area contributed by atoms with Crippen LogP contribution in [0.4, 0.5) is 10.1 Å². The van der Waals surface area contributed by atoms with Crippen LogP contribution in [0.2, 0.25) is 0 Å². The first kappa shape index (κ1) is 14.4. The molecule has 1 aromatic rings. The zero-order valence-corrected chi connectivity index (χ0v) is 10.1. The van der Waals surface area contributed by atoms with E-state index in [-0.39, 0.29) is 24.5 Å². The number of hydrogen-bond acceptors (Lipinski definition) is 5. The van der Waals surface area contributed by atoms with E-state index in [1.165, 1.54) is 12.1 Å². The van der Waals surface area contributed by atoms with Gasteiger partial charge in [-0.2, -0.15) is 0 Å². The van der Waals surface area contributed by atoms with Crippen LogP contribution in [0.5, 0.6) is 0 Å². The third-order valence-electron chi connectivity index (χ3n) is 2.12. The second-order valence-corrected chi connectivity index (χ2v) is 3.48. The van der Waals surface area contributed by atoms with Crippen molar-refractivity contribution in [1.82, 2.24) is 0 Å². The molecule has 0 bridgehead atoms. The molecule has 5 nitrogen and oxygen atoms in total. The molecule has 0 amide bonds. The molecular formula is C12H16FNO4. The van der Waals surface area contributed by atoms with Gasteiger partial charge >= 0.3 is 5.97 Å². The minimum absolute atomic E-state index is 0.0826. The fraction of sp³-hybridized carbons (Fsp3) is 0.417. The maximum atomic E-state index is 12.9. The Morgan fingerprint density at radius 1 is 1.28 bits per heavy atom. The summed E-state index contributed by atoms with van der Waals surface area (Å²) in [5.74, 6) is -1.12. The fourth-order valence-electron chi connectivity index (χ4n) is 1.19. The van der Waals surface area contributed by atoms with Crippen LogP contribution >= 0.6 is 0 Å². The van der Waals surface area contributed by atoms with Gasteiger partial charge in [-0.15, -0.1) is 0 Å². The lowest BCUT2D eigenvalue weighted by molar-refractivity contribution is 0.0214. The molecule has 0 atom stereocenters. The summed E-state index contributed by atoms with van der Waals surface area (Å²) >= 11 is 0. The predicted octanol–water partition coefficient (Wildman–Crippen LogP) is 1.23. The van der Waals surface area contributed by atoms with Gasteiger partial charge in [0.1, 0.15) is 12.4 Å². The Kier molecular flexibility index (Phi) is 6.10. The SMILES string of the molecule is COCCOCCOC(=O)c1ccc(F)c(N)c1. The smallest absolute Gasteiger partial charge is 0.338 e. The van der Waals surface area contributed by atoms with E-state index in [1.807, 2.05) is 0 Å². The summed E-state index contributed by atoms with van der Waals surface area (Å²) in [6.45, 7) is 1.34. The molecule has 0 heterocycles. The van der Waals surface area contributed by atoms with E-state index in [0.29, 0.717) is 13.2 Å². The Balaban J connectivity index is 2.30. The average Bonchev–Trinajstić information content (AvgIpc) is 2.36. The average molecular weight is 257 g/mol. The van der Waals surface area contributed by atoms with E-state index in [2.05, 4.69) is 0 Å². The van der Waals surface area contributed by atoms with Crippen molar-refractivity contribution in [3.05, 3.63) is 29.6 Å². The second kappa shape index (κ2) is 7.62. The van der Waals surface area contributed by atoms with Gasteiger partial charge < -0.3 is 19.9 Å². The Hall–Kier alpha value is -1.66. The van der Waals surface area contributed by atoms with Gasteiger partial charge in [0.15, 0.2) is 0 Å². The molecule has 100 valence electrons. The molecule has 1 aromatic carbocycles. The van der Waals surface area contributed by atoms with Crippen molar-refractivity contribution >= 4 is 11.7 Å². The van der Waals surface area contributed by atoms with Crippen LogP contribution in [0, 0.1) is 5.82 Å². The number of nitrogens with two attached hydrogens (primary N) is 1. The van der Waals surface area contributed by atoms with Crippen LogP contribution in [-0.4, -0.2) is 39.5 Å². The summed E-state index contributed by atoms with van der Waals surface area (Å²) in [5, 5.41) is 0. The molecular weight excluding hydrogens is 241 g/mol. The Bertz CT molecular complexity index is 398. The molecule has 1 rings (SSSR count). The highest BCUT2D eigenvalue weighted by molar-refractivity contribution is 5.90. The molecule has 0 saturated heterocycles. The van der Waals surface area contributed by atoms with Gasteiger partial charge in [0, 0.05) is 7.11 Å². The molecule has 0 unspecified atom stereocenters. The van der Waals surface area contributed by atoms with E-state index in [4.69, 9.17) is 19.9 Å². The van der Waals surface area contributed by atoms with Crippen molar-refractivity contribution in [3.63, 3.8) is 0 Å². The number of nitrogen functional groups attached to an aromatic ring is 1. The van der Waals surface area contributed by atoms with Gasteiger partial charge in [-0.05, 0) is 18.2 Å². The lowest BCUT2D eigenvalue weighted by Crippen LogP contribution is -2.13. The van der Waals surface area contributed by atoms with Crippen molar-refractivity contribution in [2.24, 2.45) is 0 Å². The first-order chi connectivity index (χ1) is 8.65. The maximum Gasteiger partial charge on any atom is 0.338 e. The molecule has 18 heavy (non-hydrogen) atoms. The summed E-state index contributed by atoms with van der Waals surface area (Å²) in [6.07, 6.45) is 0. The number of halogens is 1. The third kappa shape index (κ3) is 4.68. The van der Waals surface area contributed by atoms with Gasteiger partial charge in [-0.1, -0.05) is 0 Å². The molecule has 0 spiro atoms. The van der Waals surface area contributed by atoms with Gasteiger partial charge in [-0.25, -0.2) is 9.18 Å². The first-order valence-electron chi connectivity index (χ1n) is 5.44. The molecule has 0 aliphatic carbocycles. The summed E-state index contributed by atoms with van der Waals surface area (Å²) in [6, 6.07) is 3.68. The normalized spacial score (nSPS) is 10.3. The minimum atomic E-state index is -0.561. The van der Waals surface area contributed by atoms with Gasteiger partial charge in [0.05, 0.1) is 31.1 Å². The van der Waals surface area contributed by atoms with Crippen LogP contribution in [0.25, 0.3) is 0 Å². The lowest BCUT2D eigenvalue weighted by Gasteiger charge is -2.06. The summed E-state index contributed by atoms with van der Waals surface area (Å²) in [5.41, 5.74) is 5.48. The highest BCUT2D eigenvalue weighted by atomic mass is 19.1. The van der Waals surface area contributed by atoms with Crippen LogP contribution < -0.4 is 5.73 Å². The van der Waals surface area contributed by atoms with Gasteiger partial charge in [0.2, 0.25) is 0 Å². The lowest BCUT2D eigenvalue weighted by atomic mass is 10.2. The predicted molar refractivity (Wildman–Crippen MR) is 63.8 cm³/mol. The Labute approximate surface area is 105 Å². The van der Waals surface area contributed by atoms with Crippen LogP contribution in [0.15, 0.2) is 18.2 Å². The molecule has 0 fully saturated rings. The molecule has 0 saturated carbocycles. The van der Waals surface area contributed by atoms with E-state index in [9.17, 15) is 9.18 Å². The highest BCUT2D eigenvalue weighted by Gasteiger charge is 2.09. The summed E-state index contributed by atoms with van der Waals surface area (Å²) in [4.78, 5) is 11.5. The Morgan fingerprint density at radius 2 is 2.00 bits per heavy atom. The maximum absolute atomic E-state index is 12.9. The number of carbonyl (C=O) groups excluding carboxylic acids is 1. The van der Waals surface area contributed by atoms with Crippen molar-refractivity contribution in [3.8, 4) is 0 Å². The fourth-order valence-corrected chi connectivity index (χ4v) is 1.19. The van der Waals surface area contributed by atoms with E-state index < -0.39 is 11.8 Å². The number of methoxy groups -OCH3 is 1. The quantitative estimate of drug-likeness (QED) is 0.452. The van der Waals surface area contributed by atoms with Crippen molar-refractivity contribution < 1.29 is 23.4 Å². The number of hydrogen-bond donors (Lipinski definition) is 1. The second-order valence-electron chi connectivity index (χ2n) is 3.48. The van der Waals surface area contributed by atoms with Crippen molar-refractivity contribution in [2.75, 3.05) is 39.3 Å². The topological polar surface area (TPSA) is 70.8 Å². The third-order valence-corrected chi connectivity index (χ3v) is 2.12. The van der Waals surface area contributed by atoms with Crippen LogP contribution in [0.3, 0.4) is 0 Å². The van der Waals surface area contributed by atoms with Crippen molar-refractivity contribution in [2.45, 2.75) is 0 Å². The number of anilines is 1. The molecule has 0 radical (unpaired) electrons. The molecule has 2 N–H and O–H groups in total. The zero-order chi connectivity index (χ0) is 13.4. The van der Waals surface area contributed by atoms with E-state index in [0.717, 1.165) is 6.07 Å². The monoisotopic (exact) mass is 257 g/mol. The van der Waals surface area contributed by atoms with Gasteiger partial charge in [0.25, 0.3) is 0 Å². The number of esters is 1. The number of ether oxygens (including phenoxy) is 3. The van der Waals surface area contributed by atoms with Crippen LogP contribution in [0.1, 0.15) is 10.4 Å².